The summed E-state index contributed by atoms with van der Waals surface area (Å²) in [7, 11) is 0. The van der Waals surface area contributed by atoms with E-state index in [0.717, 1.165) is 5.75 Å². The zero-order valence-corrected chi connectivity index (χ0v) is 11.3. The predicted octanol–water partition coefficient (Wildman–Crippen LogP) is 1.67. The van der Waals surface area contributed by atoms with Gasteiger partial charge in [-0.15, -0.1) is 0 Å². The van der Waals surface area contributed by atoms with Crippen LogP contribution in [0.25, 0.3) is 0 Å². The van der Waals surface area contributed by atoms with Crippen molar-refractivity contribution in [3.8, 4) is 5.75 Å². The Labute approximate surface area is 109 Å². The van der Waals surface area contributed by atoms with Crippen molar-refractivity contribution in [2.75, 3.05) is 39.6 Å². The summed E-state index contributed by atoms with van der Waals surface area (Å²) in [6.45, 7) is 7.56. The summed E-state index contributed by atoms with van der Waals surface area (Å²) in [6, 6.07) is 6.05. The fraction of sp³-hybridized carbons (Fsp3) is 0.571. The first kappa shape index (κ1) is 15.0. The number of ether oxygens (including phenoxy) is 3. The molecule has 0 amide bonds. The number of benzene rings is 1. The van der Waals surface area contributed by atoms with E-state index in [9.17, 15) is 0 Å². The summed E-state index contributed by atoms with van der Waals surface area (Å²) in [6.07, 6.45) is 0. The molecule has 0 unspecified atom stereocenters. The van der Waals surface area contributed by atoms with Gasteiger partial charge in [-0.1, -0.05) is 12.1 Å². The van der Waals surface area contributed by atoms with Crippen molar-refractivity contribution >= 4 is 0 Å². The smallest absolute Gasteiger partial charge is 0.122 e. The summed E-state index contributed by atoms with van der Waals surface area (Å²) in [5.41, 5.74) is 7.72. The third kappa shape index (κ3) is 5.49. The molecule has 0 fully saturated rings. The third-order valence-corrected chi connectivity index (χ3v) is 2.67. The van der Waals surface area contributed by atoms with Gasteiger partial charge in [0.1, 0.15) is 12.4 Å². The molecule has 0 atom stereocenters. The molecule has 0 aromatic heterocycles. The molecule has 1 aromatic rings. The number of rotatable bonds is 9. The predicted molar refractivity (Wildman–Crippen MR) is 72.1 cm³/mol. The van der Waals surface area contributed by atoms with Crippen LogP contribution in [0.3, 0.4) is 0 Å². The van der Waals surface area contributed by atoms with Crippen molar-refractivity contribution in [2.24, 2.45) is 5.73 Å². The first-order valence-electron chi connectivity index (χ1n) is 6.30. The number of hydrogen-bond donors (Lipinski definition) is 1. The van der Waals surface area contributed by atoms with Crippen LogP contribution in [0.2, 0.25) is 0 Å². The van der Waals surface area contributed by atoms with Crippen molar-refractivity contribution in [3.63, 3.8) is 0 Å². The first-order chi connectivity index (χ1) is 8.75. The highest BCUT2D eigenvalue weighted by atomic mass is 16.5. The lowest BCUT2D eigenvalue weighted by Gasteiger charge is -2.11. The Morgan fingerprint density at radius 3 is 2.33 bits per heavy atom. The van der Waals surface area contributed by atoms with Crippen molar-refractivity contribution in [1.82, 2.24) is 0 Å². The van der Waals surface area contributed by atoms with E-state index in [4.69, 9.17) is 19.9 Å². The highest BCUT2D eigenvalue weighted by molar-refractivity contribution is 5.38. The minimum Gasteiger partial charge on any atom is -0.491 e. The van der Waals surface area contributed by atoms with E-state index in [1.54, 1.807) is 0 Å². The molecule has 4 heteroatoms. The van der Waals surface area contributed by atoms with Crippen LogP contribution in [-0.4, -0.2) is 39.6 Å². The topological polar surface area (TPSA) is 53.7 Å². The van der Waals surface area contributed by atoms with Crippen LogP contribution < -0.4 is 10.5 Å². The van der Waals surface area contributed by atoms with E-state index in [1.807, 2.05) is 12.1 Å². The lowest BCUT2D eigenvalue weighted by atomic mass is 10.1. The lowest BCUT2D eigenvalue weighted by Crippen LogP contribution is -2.14. The van der Waals surface area contributed by atoms with Gasteiger partial charge in [0.2, 0.25) is 0 Å². The molecule has 1 rings (SSSR count). The molecule has 0 aliphatic rings. The summed E-state index contributed by atoms with van der Waals surface area (Å²) in [4.78, 5) is 0. The van der Waals surface area contributed by atoms with Gasteiger partial charge in [-0.3, -0.25) is 0 Å². The second-order valence-corrected chi connectivity index (χ2v) is 4.06. The van der Waals surface area contributed by atoms with Gasteiger partial charge in [0.05, 0.1) is 26.4 Å². The molecule has 1 aromatic carbocycles. The van der Waals surface area contributed by atoms with Gasteiger partial charge < -0.3 is 19.9 Å². The average Bonchev–Trinajstić information content (AvgIpc) is 2.37. The van der Waals surface area contributed by atoms with E-state index in [0.29, 0.717) is 39.6 Å². The largest absolute Gasteiger partial charge is 0.491 e. The molecule has 0 heterocycles. The molecule has 102 valence electrons. The van der Waals surface area contributed by atoms with Gasteiger partial charge in [-0.2, -0.15) is 0 Å². The van der Waals surface area contributed by atoms with Crippen molar-refractivity contribution in [3.05, 3.63) is 29.3 Å². The standard InChI is InChI=1S/C14H23NO3/c1-12-4-3-5-14(13(12)2)18-11-10-17-9-8-16-7-6-15/h3-5H,6-11,15H2,1-2H3. The Balaban J connectivity index is 2.09. The van der Waals surface area contributed by atoms with E-state index < -0.39 is 0 Å². The van der Waals surface area contributed by atoms with Crippen LogP contribution in [-0.2, 0) is 9.47 Å². The van der Waals surface area contributed by atoms with Gasteiger partial charge in [0, 0.05) is 6.54 Å². The van der Waals surface area contributed by atoms with Gasteiger partial charge in [-0.25, -0.2) is 0 Å². The monoisotopic (exact) mass is 253 g/mol. The quantitative estimate of drug-likeness (QED) is 0.680. The summed E-state index contributed by atoms with van der Waals surface area (Å²) in [5, 5.41) is 0. The molecule has 18 heavy (non-hydrogen) atoms. The Hall–Kier alpha value is -1.10. The molecule has 0 saturated heterocycles. The maximum absolute atomic E-state index is 5.66. The van der Waals surface area contributed by atoms with Gasteiger partial charge >= 0.3 is 0 Å². The second-order valence-electron chi connectivity index (χ2n) is 4.06. The zero-order valence-electron chi connectivity index (χ0n) is 11.3. The van der Waals surface area contributed by atoms with Crippen LogP contribution in [0.15, 0.2) is 18.2 Å². The van der Waals surface area contributed by atoms with E-state index in [2.05, 4.69) is 19.9 Å². The van der Waals surface area contributed by atoms with Gasteiger partial charge in [0.25, 0.3) is 0 Å². The molecule has 4 nitrogen and oxygen atoms in total. The molecule has 2 N–H and O–H groups in total. The SMILES string of the molecule is Cc1cccc(OCCOCCOCCN)c1C. The van der Waals surface area contributed by atoms with E-state index in [1.165, 1.54) is 11.1 Å². The molecular formula is C14H23NO3. The van der Waals surface area contributed by atoms with Crippen molar-refractivity contribution < 1.29 is 14.2 Å². The first-order valence-corrected chi connectivity index (χ1v) is 6.30. The van der Waals surface area contributed by atoms with Crippen LogP contribution in [0.4, 0.5) is 0 Å². The molecule has 0 radical (unpaired) electrons. The third-order valence-electron chi connectivity index (χ3n) is 2.67. The minimum absolute atomic E-state index is 0.551. The van der Waals surface area contributed by atoms with Crippen molar-refractivity contribution in [1.29, 1.82) is 0 Å². The summed E-state index contributed by atoms with van der Waals surface area (Å²) < 4.78 is 16.2. The molecule has 0 aliphatic carbocycles. The fourth-order valence-electron chi connectivity index (χ4n) is 1.50. The fourth-order valence-corrected chi connectivity index (χ4v) is 1.50. The molecule has 0 spiro atoms. The van der Waals surface area contributed by atoms with Crippen LogP contribution >= 0.6 is 0 Å². The van der Waals surface area contributed by atoms with Gasteiger partial charge in [-0.05, 0) is 31.0 Å². The highest BCUT2D eigenvalue weighted by Crippen LogP contribution is 2.20. The molecule has 0 aliphatic heterocycles. The van der Waals surface area contributed by atoms with Crippen LogP contribution in [0.1, 0.15) is 11.1 Å². The second kappa shape index (κ2) is 8.91. The minimum atomic E-state index is 0.551. The maximum atomic E-state index is 5.66. The molecule has 0 bridgehead atoms. The molecule has 0 saturated carbocycles. The number of nitrogens with two attached hydrogens (primary N) is 1. The van der Waals surface area contributed by atoms with Crippen LogP contribution in [0.5, 0.6) is 5.75 Å². The normalized spacial score (nSPS) is 10.6. The zero-order chi connectivity index (χ0) is 13.2. The van der Waals surface area contributed by atoms with E-state index >= 15 is 0 Å². The van der Waals surface area contributed by atoms with Gasteiger partial charge in [0.15, 0.2) is 0 Å². The summed E-state index contributed by atoms with van der Waals surface area (Å²) in [5.74, 6) is 0.929. The Morgan fingerprint density at radius 2 is 1.61 bits per heavy atom. The van der Waals surface area contributed by atoms with Crippen molar-refractivity contribution in [2.45, 2.75) is 13.8 Å². The Kier molecular flexibility index (Phi) is 7.41. The van der Waals surface area contributed by atoms with Crippen LogP contribution in [0, 0.1) is 13.8 Å². The average molecular weight is 253 g/mol. The Morgan fingerprint density at radius 1 is 0.944 bits per heavy atom. The number of hydrogen-bond acceptors (Lipinski definition) is 4. The maximum Gasteiger partial charge on any atom is 0.122 e. The summed E-state index contributed by atoms with van der Waals surface area (Å²) >= 11 is 0. The highest BCUT2D eigenvalue weighted by Gasteiger charge is 2.00. The molecular weight excluding hydrogens is 230 g/mol. The van der Waals surface area contributed by atoms with E-state index in [-0.39, 0.29) is 0 Å². The Bertz CT molecular complexity index is 342. The number of aryl methyl sites for hydroxylation is 1. The lowest BCUT2D eigenvalue weighted by molar-refractivity contribution is 0.0387.